The van der Waals surface area contributed by atoms with E-state index in [-0.39, 0.29) is 23.5 Å². The van der Waals surface area contributed by atoms with Gasteiger partial charge in [-0.1, -0.05) is 27.7 Å². The summed E-state index contributed by atoms with van der Waals surface area (Å²) in [4.78, 5) is 0. The first-order valence-electron chi connectivity index (χ1n) is 26.1. The van der Waals surface area contributed by atoms with Crippen molar-refractivity contribution in [2.24, 2.45) is 52.3 Å². The second kappa shape index (κ2) is 20.3. The molecule has 0 aromatic rings. The van der Waals surface area contributed by atoms with Crippen LogP contribution in [-0.2, 0) is 47.4 Å². The summed E-state index contributed by atoms with van der Waals surface area (Å²) in [6, 6.07) is 0. The minimum Gasteiger partial charge on any atom is -0.394 e. The molecule has 11 N–H and O–H groups in total. The molecule has 6 aliphatic heterocycles. The van der Waals surface area contributed by atoms with Crippen LogP contribution in [0, 0.1) is 52.3 Å². The van der Waals surface area contributed by atoms with Gasteiger partial charge in [0.25, 0.3) is 0 Å². The Morgan fingerprint density at radius 3 is 1.91 bits per heavy atom. The van der Waals surface area contributed by atoms with Crippen molar-refractivity contribution in [3.05, 3.63) is 0 Å². The highest BCUT2D eigenvalue weighted by molar-refractivity contribution is 5.15. The first-order chi connectivity index (χ1) is 33.3. The Morgan fingerprint density at radius 1 is 0.557 bits per heavy atom. The standard InChI is InChI=1S/C49H80O21/c1-20-7-12-49(64-16-20)21(2)32-29(70-49)14-26-24-6-5-22-13-23(8-10-47(22,3)25(24)9-11-48(26,32)4)65-46-42(69-45-39(59)36(56)35(55)30(15-50)66-45)40(60)41(68-44-38(58)34(54)28(52)18-62-44)31(67-46)19-63-43-37(57)33(53)27(51)17-61-43/h20-46,50-60H,5-19H2,1-4H3/t20-,21+,22+,23+,24-,25+,26+,27+,28+,29+,30-,31-,32+,33+,34+,35+,36+,37+,38-,39-,40+,41-,42-,43+,44+,45+,46-,47+,48+,49-/m1/s1. The monoisotopic (exact) mass is 1000 g/mol. The molecule has 6 saturated heterocycles. The predicted molar refractivity (Wildman–Crippen MR) is 236 cm³/mol. The zero-order valence-electron chi connectivity index (χ0n) is 40.7. The van der Waals surface area contributed by atoms with E-state index in [1.165, 1.54) is 0 Å². The molecule has 0 amide bonds. The van der Waals surface area contributed by atoms with Crippen LogP contribution in [0.2, 0.25) is 0 Å². The average Bonchev–Trinajstić information content (AvgIpc) is 3.79. The third kappa shape index (κ3) is 9.06. The molecular formula is C49H80O21. The summed E-state index contributed by atoms with van der Waals surface area (Å²) in [5.74, 6) is 2.82. The highest BCUT2D eigenvalue weighted by atomic mass is 16.8. The van der Waals surface area contributed by atoms with E-state index in [1.54, 1.807) is 0 Å². The molecule has 30 atom stereocenters. The molecule has 402 valence electrons. The van der Waals surface area contributed by atoms with E-state index in [2.05, 4.69) is 27.7 Å². The van der Waals surface area contributed by atoms with E-state index in [9.17, 15) is 56.2 Å². The summed E-state index contributed by atoms with van der Waals surface area (Å²) < 4.78 is 62.0. The molecule has 21 heteroatoms. The van der Waals surface area contributed by atoms with Crippen LogP contribution in [-0.4, -0.2) is 218 Å². The van der Waals surface area contributed by atoms with E-state index in [1.807, 2.05) is 0 Å². The number of aliphatic hydroxyl groups excluding tert-OH is 11. The number of hydrogen-bond acceptors (Lipinski definition) is 21. The van der Waals surface area contributed by atoms with Gasteiger partial charge >= 0.3 is 0 Å². The number of rotatable bonds is 10. The summed E-state index contributed by atoms with van der Waals surface area (Å²) in [6.45, 7) is 8.28. The molecule has 0 radical (unpaired) electrons. The normalized spacial score (nSPS) is 58.1. The molecule has 21 nitrogen and oxygen atoms in total. The van der Waals surface area contributed by atoms with Crippen molar-refractivity contribution < 1.29 is 104 Å². The van der Waals surface area contributed by atoms with Gasteiger partial charge in [-0.2, -0.15) is 0 Å². The van der Waals surface area contributed by atoms with Crippen LogP contribution in [0.5, 0.6) is 0 Å². The van der Waals surface area contributed by atoms with E-state index >= 15 is 0 Å². The van der Waals surface area contributed by atoms with Crippen molar-refractivity contribution >= 4 is 0 Å². The molecule has 4 aliphatic carbocycles. The lowest BCUT2D eigenvalue weighted by atomic mass is 9.44. The average molecular weight is 1010 g/mol. The van der Waals surface area contributed by atoms with Gasteiger partial charge < -0.3 is 104 Å². The lowest BCUT2D eigenvalue weighted by Gasteiger charge is -2.61. The van der Waals surface area contributed by atoms with Crippen LogP contribution in [0.15, 0.2) is 0 Å². The smallest absolute Gasteiger partial charge is 0.187 e. The van der Waals surface area contributed by atoms with Crippen molar-refractivity contribution in [3.63, 3.8) is 0 Å². The summed E-state index contributed by atoms with van der Waals surface area (Å²) in [5, 5.41) is 118. The Hall–Kier alpha value is -0.840. The quantitative estimate of drug-likeness (QED) is 0.110. The van der Waals surface area contributed by atoms with E-state index < -0.39 is 142 Å². The van der Waals surface area contributed by atoms with Gasteiger partial charge in [-0.15, -0.1) is 0 Å². The van der Waals surface area contributed by atoms with Crippen LogP contribution in [0.1, 0.15) is 91.9 Å². The molecule has 0 aromatic heterocycles. The highest BCUT2D eigenvalue weighted by Crippen LogP contribution is 2.71. The molecule has 10 rings (SSSR count). The minimum absolute atomic E-state index is 0.0323. The van der Waals surface area contributed by atoms with Crippen LogP contribution in [0.25, 0.3) is 0 Å². The molecular weight excluding hydrogens is 925 g/mol. The minimum atomic E-state index is -1.87. The topological polar surface area (TPSA) is 315 Å². The summed E-state index contributed by atoms with van der Waals surface area (Å²) in [6.07, 6.45) is -19.6. The third-order valence-electron chi connectivity index (χ3n) is 19.6. The molecule has 0 aromatic carbocycles. The first kappa shape index (κ1) is 52.6. The van der Waals surface area contributed by atoms with Crippen molar-refractivity contribution in [3.8, 4) is 0 Å². The maximum atomic E-state index is 12.4. The Morgan fingerprint density at radius 2 is 1.21 bits per heavy atom. The summed E-state index contributed by atoms with van der Waals surface area (Å²) >= 11 is 0. The maximum absolute atomic E-state index is 12.4. The fraction of sp³-hybridized carbons (Fsp3) is 1.00. The zero-order chi connectivity index (χ0) is 49.8. The van der Waals surface area contributed by atoms with Crippen LogP contribution in [0.3, 0.4) is 0 Å². The predicted octanol–water partition coefficient (Wildman–Crippen LogP) is -1.63. The molecule has 6 heterocycles. The lowest BCUT2D eigenvalue weighted by molar-refractivity contribution is -0.391. The number of hydrogen-bond donors (Lipinski definition) is 11. The van der Waals surface area contributed by atoms with Crippen molar-refractivity contribution in [2.75, 3.05) is 33.0 Å². The second-order valence-corrected chi connectivity index (χ2v) is 23.5. The van der Waals surface area contributed by atoms with Crippen molar-refractivity contribution in [1.82, 2.24) is 0 Å². The van der Waals surface area contributed by atoms with Gasteiger partial charge in [0.1, 0.15) is 85.5 Å². The SMILES string of the molecule is C[C@@H]1CC[C@@]2(OC1)O[C@H]1C[C@H]3[C@@H]4CC[C@H]5C[C@@H](O[C@@H]6O[C@H](CO[C@@H]7OC[C@H](O)[C@H](O)[C@@H]7O)[C@@H](O[C@@H]7OC[C@H](O)[C@H](O)[C@H]7O)[C@H](O)[C@H]6O[C@@H]6O[C@H](CO)[C@H](O)[C@H](O)[C@H]6O)CC[C@]5(C)[C@H]4CC[C@]3(C)[C@H]1[C@@H]2C. The molecule has 0 bridgehead atoms. The Balaban J connectivity index is 0.877. The Labute approximate surface area is 408 Å². The van der Waals surface area contributed by atoms with Gasteiger partial charge in [0.05, 0.1) is 45.2 Å². The second-order valence-electron chi connectivity index (χ2n) is 23.5. The number of ether oxygens (including phenoxy) is 10. The van der Waals surface area contributed by atoms with E-state index in [0.29, 0.717) is 54.3 Å². The Bertz CT molecular complexity index is 1770. The molecule has 1 spiro atoms. The van der Waals surface area contributed by atoms with Gasteiger partial charge in [-0.05, 0) is 104 Å². The van der Waals surface area contributed by atoms with Crippen LogP contribution >= 0.6 is 0 Å². The lowest BCUT2D eigenvalue weighted by Crippen LogP contribution is -2.67. The number of fused-ring (bicyclic) bond motifs is 7. The fourth-order valence-corrected chi connectivity index (χ4v) is 15.5. The number of aliphatic hydroxyl groups is 11. The van der Waals surface area contributed by atoms with Gasteiger partial charge in [0, 0.05) is 12.3 Å². The fourth-order valence-electron chi connectivity index (χ4n) is 15.5. The Kier molecular flexibility index (Phi) is 15.2. The largest absolute Gasteiger partial charge is 0.394 e. The van der Waals surface area contributed by atoms with Crippen LogP contribution < -0.4 is 0 Å². The summed E-state index contributed by atoms with van der Waals surface area (Å²) in [7, 11) is 0. The van der Waals surface area contributed by atoms with Crippen molar-refractivity contribution in [1.29, 1.82) is 0 Å². The molecule has 10 aliphatic rings. The van der Waals surface area contributed by atoms with E-state index in [0.717, 1.165) is 58.0 Å². The van der Waals surface area contributed by atoms with E-state index in [4.69, 9.17) is 47.4 Å². The first-order valence-corrected chi connectivity index (χ1v) is 26.1. The van der Waals surface area contributed by atoms with Gasteiger partial charge in [-0.25, -0.2) is 0 Å². The zero-order valence-corrected chi connectivity index (χ0v) is 40.7. The van der Waals surface area contributed by atoms with Gasteiger partial charge in [0.2, 0.25) is 0 Å². The molecule has 0 unspecified atom stereocenters. The third-order valence-corrected chi connectivity index (χ3v) is 19.6. The molecule has 70 heavy (non-hydrogen) atoms. The molecule has 10 fully saturated rings. The highest BCUT2D eigenvalue weighted by Gasteiger charge is 2.69. The summed E-state index contributed by atoms with van der Waals surface area (Å²) in [5.41, 5.74) is 0.205. The van der Waals surface area contributed by atoms with Crippen molar-refractivity contribution in [2.45, 2.75) is 221 Å². The van der Waals surface area contributed by atoms with Crippen LogP contribution in [0.4, 0.5) is 0 Å². The molecule has 4 saturated carbocycles. The maximum Gasteiger partial charge on any atom is 0.187 e. The van der Waals surface area contributed by atoms with Gasteiger partial charge in [-0.3, -0.25) is 0 Å². The van der Waals surface area contributed by atoms with Gasteiger partial charge in [0.15, 0.2) is 30.9 Å².